The number of carbonyl (C=O) groups excluding carboxylic acids is 2. The quantitative estimate of drug-likeness (QED) is 0.693. The summed E-state index contributed by atoms with van der Waals surface area (Å²) < 4.78 is 5.36. The van der Waals surface area contributed by atoms with E-state index in [9.17, 15) is 14.7 Å². The Labute approximate surface area is 166 Å². The number of imide groups is 1. The van der Waals surface area contributed by atoms with Crippen molar-refractivity contribution in [2.75, 3.05) is 59.6 Å². The molecule has 28 heavy (non-hydrogen) atoms. The number of aliphatic hydroxyl groups is 1. The number of likely N-dealkylation sites (N-methyl/N-ethyl adjacent to an activating group) is 1. The Morgan fingerprint density at radius 1 is 1.11 bits per heavy atom. The Kier molecular flexibility index (Phi) is 6.49. The Bertz CT molecular complexity index is 784. The van der Waals surface area contributed by atoms with Gasteiger partial charge in [-0.25, -0.2) is 0 Å². The van der Waals surface area contributed by atoms with Crippen molar-refractivity contribution in [3.8, 4) is 0 Å². The molecule has 0 aliphatic carbocycles. The molecule has 0 bridgehead atoms. The van der Waals surface area contributed by atoms with Gasteiger partial charge in [-0.05, 0) is 25.0 Å². The summed E-state index contributed by atoms with van der Waals surface area (Å²) in [4.78, 5) is 31.6. The number of morpholine rings is 1. The maximum absolute atomic E-state index is 13.3. The maximum Gasteiger partial charge on any atom is 0.277 e. The van der Waals surface area contributed by atoms with Crippen molar-refractivity contribution in [1.29, 1.82) is 0 Å². The molecule has 1 aromatic rings. The van der Waals surface area contributed by atoms with Gasteiger partial charge in [0, 0.05) is 39.8 Å². The van der Waals surface area contributed by atoms with E-state index in [4.69, 9.17) is 4.74 Å². The fourth-order valence-corrected chi connectivity index (χ4v) is 3.79. The summed E-state index contributed by atoms with van der Waals surface area (Å²) in [5.74, 6) is -0.547. The number of aliphatic hydroxyl groups excluding tert-OH is 1. The minimum atomic E-state index is -0.288. The van der Waals surface area contributed by atoms with E-state index >= 15 is 0 Å². The molecule has 1 N–H and O–H groups in total. The van der Waals surface area contributed by atoms with Gasteiger partial charge in [0.1, 0.15) is 5.70 Å². The Hall–Kier alpha value is -2.22. The van der Waals surface area contributed by atoms with Crippen LogP contribution in [-0.2, 0) is 14.3 Å². The predicted octanol–water partition coefficient (Wildman–Crippen LogP) is 0.640. The minimum Gasteiger partial charge on any atom is -0.395 e. The average molecular weight is 387 g/mol. The molecule has 1 aromatic carbocycles. The molecule has 7 nitrogen and oxygen atoms in total. The largest absolute Gasteiger partial charge is 0.395 e. The molecule has 1 fully saturated rings. The smallest absolute Gasteiger partial charge is 0.277 e. The van der Waals surface area contributed by atoms with Crippen LogP contribution < -0.4 is 0 Å². The van der Waals surface area contributed by atoms with Crippen molar-refractivity contribution >= 4 is 17.4 Å². The van der Waals surface area contributed by atoms with Gasteiger partial charge in [0.15, 0.2) is 0 Å². The molecule has 0 unspecified atom stereocenters. The molecule has 0 saturated carbocycles. The summed E-state index contributed by atoms with van der Waals surface area (Å²) in [6.45, 7) is 8.12. The monoisotopic (exact) mass is 387 g/mol. The van der Waals surface area contributed by atoms with E-state index in [1.807, 2.05) is 32.0 Å². The molecule has 0 aromatic heterocycles. The minimum absolute atomic E-state index is 0.0879. The molecule has 2 aliphatic rings. The van der Waals surface area contributed by atoms with E-state index in [-0.39, 0.29) is 18.4 Å². The van der Waals surface area contributed by atoms with Gasteiger partial charge < -0.3 is 14.7 Å². The van der Waals surface area contributed by atoms with E-state index in [0.717, 1.165) is 29.8 Å². The second-order valence-electron chi connectivity index (χ2n) is 7.40. The fourth-order valence-electron chi connectivity index (χ4n) is 3.79. The van der Waals surface area contributed by atoms with Crippen molar-refractivity contribution in [3.05, 3.63) is 40.6 Å². The molecule has 0 spiro atoms. The average Bonchev–Trinajstić information content (AvgIpc) is 2.91. The van der Waals surface area contributed by atoms with Gasteiger partial charge in [-0.1, -0.05) is 23.8 Å². The van der Waals surface area contributed by atoms with Gasteiger partial charge in [-0.15, -0.1) is 0 Å². The standard InChI is InChI=1S/C21H29N3O4/c1-15-4-5-17(16(2)14-15)18-19(22(3)8-11-25)21(27)24(20(18)26)7-6-23-9-12-28-13-10-23/h4-5,14,25H,6-13H2,1-3H3. The lowest BCUT2D eigenvalue weighted by Crippen LogP contribution is -2.44. The van der Waals surface area contributed by atoms with Crippen LogP contribution in [0.25, 0.3) is 5.57 Å². The summed E-state index contributed by atoms with van der Waals surface area (Å²) >= 11 is 0. The van der Waals surface area contributed by atoms with E-state index < -0.39 is 0 Å². The summed E-state index contributed by atoms with van der Waals surface area (Å²) in [6, 6.07) is 5.87. The van der Waals surface area contributed by atoms with Crippen LogP contribution in [0.3, 0.4) is 0 Å². The number of rotatable bonds is 7. The zero-order chi connectivity index (χ0) is 20.3. The first-order valence-corrected chi connectivity index (χ1v) is 9.74. The van der Waals surface area contributed by atoms with Crippen molar-refractivity contribution in [2.24, 2.45) is 0 Å². The molecule has 2 heterocycles. The van der Waals surface area contributed by atoms with Gasteiger partial charge in [0.05, 0.1) is 25.4 Å². The zero-order valence-electron chi connectivity index (χ0n) is 16.9. The van der Waals surface area contributed by atoms with Crippen LogP contribution in [0, 0.1) is 13.8 Å². The summed E-state index contributed by atoms with van der Waals surface area (Å²) in [7, 11) is 1.74. The topological polar surface area (TPSA) is 73.3 Å². The molecule has 1 saturated heterocycles. The first-order chi connectivity index (χ1) is 13.4. The maximum atomic E-state index is 13.3. The third-order valence-corrected chi connectivity index (χ3v) is 5.36. The lowest BCUT2D eigenvalue weighted by molar-refractivity contribution is -0.137. The van der Waals surface area contributed by atoms with Crippen molar-refractivity contribution in [2.45, 2.75) is 13.8 Å². The lowest BCUT2D eigenvalue weighted by Gasteiger charge is -2.28. The van der Waals surface area contributed by atoms with Crippen LogP contribution in [0.2, 0.25) is 0 Å². The van der Waals surface area contributed by atoms with E-state index in [0.29, 0.717) is 44.1 Å². The molecule has 3 rings (SSSR count). The molecular weight excluding hydrogens is 358 g/mol. The molecule has 0 radical (unpaired) electrons. The third kappa shape index (κ3) is 4.11. The van der Waals surface area contributed by atoms with Gasteiger partial charge in [0.2, 0.25) is 0 Å². The fraction of sp³-hybridized carbons (Fsp3) is 0.524. The molecule has 0 atom stereocenters. The number of aryl methyl sites for hydroxylation is 2. The number of carbonyl (C=O) groups is 2. The highest BCUT2D eigenvalue weighted by molar-refractivity contribution is 6.35. The van der Waals surface area contributed by atoms with E-state index in [1.165, 1.54) is 4.90 Å². The van der Waals surface area contributed by atoms with Gasteiger partial charge in [0.25, 0.3) is 11.8 Å². The second-order valence-corrected chi connectivity index (χ2v) is 7.40. The van der Waals surface area contributed by atoms with Crippen LogP contribution in [-0.4, -0.2) is 91.2 Å². The SMILES string of the molecule is Cc1ccc(C2=C(N(C)CCO)C(=O)N(CCN3CCOCC3)C2=O)c(C)c1. The summed E-state index contributed by atoms with van der Waals surface area (Å²) in [5, 5.41) is 9.34. The van der Waals surface area contributed by atoms with Crippen molar-refractivity contribution in [3.63, 3.8) is 0 Å². The molecule has 2 amide bonds. The number of nitrogens with zero attached hydrogens (tertiary/aromatic N) is 3. The number of hydrogen-bond donors (Lipinski definition) is 1. The van der Waals surface area contributed by atoms with Crippen LogP contribution in [0.5, 0.6) is 0 Å². The number of ether oxygens (including phenoxy) is 1. The molecule has 152 valence electrons. The van der Waals surface area contributed by atoms with Crippen molar-refractivity contribution in [1.82, 2.24) is 14.7 Å². The van der Waals surface area contributed by atoms with E-state index in [2.05, 4.69) is 4.90 Å². The third-order valence-electron chi connectivity index (χ3n) is 5.36. The van der Waals surface area contributed by atoms with Crippen LogP contribution >= 0.6 is 0 Å². The highest BCUT2D eigenvalue weighted by atomic mass is 16.5. The second kappa shape index (κ2) is 8.86. The van der Waals surface area contributed by atoms with Gasteiger partial charge in [-0.3, -0.25) is 19.4 Å². The highest BCUT2D eigenvalue weighted by Crippen LogP contribution is 2.33. The number of benzene rings is 1. The highest BCUT2D eigenvalue weighted by Gasteiger charge is 2.41. The Balaban J connectivity index is 1.90. The number of amides is 2. The van der Waals surface area contributed by atoms with E-state index in [1.54, 1.807) is 11.9 Å². The first kappa shape index (κ1) is 20.5. The normalized spacial score (nSPS) is 18.4. The zero-order valence-corrected chi connectivity index (χ0v) is 16.9. The summed E-state index contributed by atoms with van der Waals surface area (Å²) in [6.07, 6.45) is 0. The van der Waals surface area contributed by atoms with Crippen LogP contribution in [0.15, 0.2) is 23.9 Å². The lowest BCUT2D eigenvalue weighted by atomic mass is 9.97. The molecule has 2 aliphatic heterocycles. The Morgan fingerprint density at radius 2 is 1.82 bits per heavy atom. The molecule has 7 heteroatoms. The predicted molar refractivity (Wildman–Crippen MR) is 107 cm³/mol. The first-order valence-electron chi connectivity index (χ1n) is 9.74. The Morgan fingerprint density at radius 3 is 2.46 bits per heavy atom. The van der Waals surface area contributed by atoms with Crippen LogP contribution in [0.4, 0.5) is 0 Å². The number of hydrogen-bond acceptors (Lipinski definition) is 6. The molecular formula is C21H29N3O4. The van der Waals surface area contributed by atoms with Crippen LogP contribution in [0.1, 0.15) is 16.7 Å². The van der Waals surface area contributed by atoms with Gasteiger partial charge in [-0.2, -0.15) is 0 Å². The van der Waals surface area contributed by atoms with Gasteiger partial charge >= 0.3 is 0 Å². The van der Waals surface area contributed by atoms with Crippen molar-refractivity contribution < 1.29 is 19.4 Å². The summed E-state index contributed by atoms with van der Waals surface area (Å²) in [5.41, 5.74) is 3.64.